The summed E-state index contributed by atoms with van der Waals surface area (Å²) < 4.78 is 47.7. The molecule has 0 heterocycles. The van der Waals surface area contributed by atoms with Crippen molar-refractivity contribution in [2.45, 2.75) is 45.3 Å². The van der Waals surface area contributed by atoms with Crippen molar-refractivity contribution in [1.29, 1.82) is 0 Å². The summed E-state index contributed by atoms with van der Waals surface area (Å²) in [5.41, 5.74) is 4.41. The van der Waals surface area contributed by atoms with Crippen molar-refractivity contribution >= 4 is 17.8 Å². The van der Waals surface area contributed by atoms with E-state index in [1.165, 1.54) is 0 Å². The number of rotatable bonds is 28. The SMILES string of the molecule is COCCOCCOCCOCCOCCOCCOCCOCCC(=O)N[C@@H](CC(N)=O)C(=O)OC(C)(C)C. The summed E-state index contributed by atoms with van der Waals surface area (Å²) >= 11 is 0. The molecule has 0 aliphatic carbocycles. The van der Waals surface area contributed by atoms with E-state index >= 15 is 0 Å². The fourth-order valence-corrected chi connectivity index (χ4v) is 2.76. The molecule has 14 nitrogen and oxygen atoms in total. The van der Waals surface area contributed by atoms with Crippen LogP contribution in [0.2, 0.25) is 0 Å². The lowest BCUT2D eigenvalue weighted by molar-refractivity contribution is -0.159. The van der Waals surface area contributed by atoms with E-state index in [4.69, 9.17) is 48.4 Å². The van der Waals surface area contributed by atoms with Gasteiger partial charge in [-0.2, -0.15) is 0 Å². The van der Waals surface area contributed by atoms with Crippen LogP contribution in [0.5, 0.6) is 0 Å². The van der Waals surface area contributed by atoms with Gasteiger partial charge in [0.2, 0.25) is 11.8 Å². The molecule has 40 heavy (non-hydrogen) atoms. The average Bonchev–Trinajstić information content (AvgIpc) is 2.87. The van der Waals surface area contributed by atoms with Gasteiger partial charge in [0, 0.05) is 13.5 Å². The quantitative estimate of drug-likeness (QED) is 0.0924. The Hall–Kier alpha value is -1.91. The average molecular weight is 583 g/mol. The van der Waals surface area contributed by atoms with Crippen molar-refractivity contribution in [3.05, 3.63) is 0 Å². The van der Waals surface area contributed by atoms with Gasteiger partial charge in [-0.3, -0.25) is 9.59 Å². The summed E-state index contributed by atoms with van der Waals surface area (Å²) in [6.07, 6.45) is -0.341. The first kappa shape index (κ1) is 38.1. The summed E-state index contributed by atoms with van der Waals surface area (Å²) in [5.74, 6) is -1.89. The molecule has 0 rings (SSSR count). The Bertz CT molecular complexity index is 646. The molecule has 0 aliphatic heterocycles. The lowest BCUT2D eigenvalue weighted by atomic mass is 10.1. The monoisotopic (exact) mass is 582 g/mol. The minimum atomic E-state index is -1.14. The first-order chi connectivity index (χ1) is 19.2. The molecular weight excluding hydrogens is 532 g/mol. The molecule has 0 aliphatic rings. The zero-order chi connectivity index (χ0) is 29.9. The van der Waals surface area contributed by atoms with Gasteiger partial charge in [-0.05, 0) is 20.8 Å². The topological polar surface area (TPSA) is 172 Å². The third kappa shape index (κ3) is 27.6. The Morgan fingerprint density at radius 1 is 0.625 bits per heavy atom. The molecule has 236 valence electrons. The molecule has 1 atom stereocenters. The van der Waals surface area contributed by atoms with Crippen molar-refractivity contribution in [3.63, 3.8) is 0 Å². The van der Waals surface area contributed by atoms with Crippen LogP contribution in [0.15, 0.2) is 0 Å². The number of hydrogen-bond acceptors (Lipinski definition) is 12. The van der Waals surface area contributed by atoms with Crippen LogP contribution >= 0.6 is 0 Å². The van der Waals surface area contributed by atoms with Crippen LogP contribution in [-0.4, -0.2) is 136 Å². The van der Waals surface area contributed by atoms with E-state index in [1.54, 1.807) is 27.9 Å². The fraction of sp³-hybridized carbons (Fsp3) is 0.885. The van der Waals surface area contributed by atoms with Crippen molar-refractivity contribution < 1.29 is 57.0 Å². The highest BCUT2D eigenvalue weighted by atomic mass is 16.6. The maximum absolute atomic E-state index is 12.2. The third-order valence-electron chi connectivity index (χ3n) is 4.57. The molecule has 0 aromatic carbocycles. The third-order valence-corrected chi connectivity index (χ3v) is 4.57. The number of ether oxygens (including phenoxy) is 9. The highest BCUT2D eigenvalue weighted by Crippen LogP contribution is 2.10. The number of primary amides is 1. The summed E-state index contributed by atoms with van der Waals surface area (Å²) in [7, 11) is 1.63. The normalized spacial score (nSPS) is 12.3. The zero-order valence-corrected chi connectivity index (χ0v) is 24.6. The predicted octanol–water partition coefficient (Wildman–Crippen LogP) is -0.159. The molecule has 0 radical (unpaired) electrons. The van der Waals surface area contributed by atoms with E-state index in [0.717, 1.165) is 0 Å². The molecule has 0 spiro atoms. The molecule has 2 amide bonds. The van der Waals surface area contributed by atoms with Gasteiger partial charge in [0.1, 0.15) is 11.6 Å². The Balaban J connectivity index is 3.50. The second-order valence-electron chi connectivity index (χ2n) is 9.35. The number of amides is 2. The van der Waals surface area contributed by atoms with Crippen LogP contribution in [0.4, 0.5) is 0 Å². The smallest absolute Gasteiger partial charge is 0.329 e. The van der Waals surface area contributed by atoms with Crippen LogP contribution < -0.4 is 11.1 Å². The summed E-state index contributed by atoms with van der Waals surface area (Å²) in [6.45, 7) is 11.7. The van der Waals surface area contributed by atoms with Crippen LogP contribution in [0.1, 0.15) is 33.6 Å². The second-order valence-corrected chi connectivity index (χ2v) is 9.35. The van der Waals surface area contributed by atoms with Crippen molar-refractivity contribution in [1.82, 2.24) is 5.32 Å². The van der Waals surface area contributed by atoms with Crippen molar-refractivity contribution in [3.8, 4) is 0 Å². The molecule has 0 fully saturated rings. The van der Waals surface area contributed by atoms with Crippen LogP contribution in [0.25, 0.3) is 0 Å². The van der Waals surface area contributed by atoms with Crippen LogP contribution in [0.3, 0.4) is 0 Å². The van der Waals surface area contributed by atoms with Crippen molar-refractivity contribution in [2.75, 3.05) is 106 Å². The minimum absolute atomic E-state index is 0.00507. The molecule has 0 aromatic rings. The van der Waals surface area contributed by atoms with E-state index in [2.05, 4.69) is 5.32 Å². The molecule has 0 saturated carbocycles. The number of carbonyl (C=O) groups is 3. The van der Waals surface area contributed by atoms with E-state index in [1.807, 2.05) is 0 Å². The van der Waals surface area contributed by atoms with Crippen molar-refractivity contribution in [2.24, 2.45) is 5.73 Å². The minimum Gasteiger partial charge on any atom is -0.458 e. The van der Waals surface area contributed by atoms with Gasteiger partial charge in [0.15, 0.2) is 0 Å². The van der Waals surface area contributed by atoms with E-state index < -0.39 is 29.4 Å². The summed E-state index contributed by atoms with van der Waals surface area (Å²) in [5, 5.41) is 2.46. The second kappa shape index (κ2) is 26.0. The van der Waals surface area contributed by atoms with Crippen LogP contribution in [0, 0.1) is 0 Å². The van der Waals surface area contributed by atoms with E-state index in [9.17, 15) is 14.4 Å². The molecule has 3 N–H and O–H groups in total. The largest absolute Gasteiger partial charge is 0.458 e. The first-order valence-electron chi connectivity index (χ1n) is 13.5. The highest BCUT2D eigenvalue weighted by molar-refractivity contribution is 5.89. The Labute approximate surface area is 237 Å². The van der Waals surface area contributed by atoms with Gasteiger partial charge in [-0.15, -0.1) is 0 Å². The first-order valence-corrected chi connectivity index (χ1v) is 13.5. The number of hydrogen-bond donors (Lipinski definition) is 2. The Morgan fingerprint density at radius 3 is 1.30 bits per heavy atom. The summed E-state index contributed by atoms with van der Waals surface area (Å²) in [4.78, 5) is 35.5. The fourth-order valence-electron chi connectivity index (χ4n) is 2.76. The highest BCUT2D eigenvalue weighted by Gasteiger charge is 2.28. The number of esters is 1. The van der Waals surface area contributed by atoms with E-state index in [0.29, 0.717) is 92.5 Å². The van der Waals surface area contributed by atoms with Gasteiger partial charge in [-0.25, -0.2) is 4.79 Å². The lowest BCUT2D eigenvalue weighted by Gasteiger charge is -2.24. The van der Waals surface area contributed by atoms with Gasteiger partial charge in [0.25, 0.3) is 0 Å². The van der Waals surface area contributed by atoms with Gasteiger partial charge < -0.3 is 53.7 Å². The maximum Gasteiger partial charge on any atom is 0.329 e. The number of nitrogens with two attached hydrogens (primary N) is 1. The van der Waals surface area contributed by atoms with Gasteiger partial charge in [-0.1, -0.05) is 0 Å². The van der Waals surface area contributed by atoms with Gasteiger partial charge in [0.05, 0.1) is 106 Å². The lowest BCUT2D eigenvalue weighted by Crippen LogP contribution is -2.46. The standard InChI is InChI=1S/C26H50N2O12/c1-26(2,3)40-25(31)22(21-23(27)29)28-24(30)5-6-33-9-10-35-13-14-37-17-18-39-20-19-38-16-15-36-12-11-34-8-7-32-4/h22H,5-21H2,1-4H3,(H2,27,29)(H,28,30)/t22-/m0/s1. The van der Waals surface area contributed by atoms with Gasteiger partial charge >= 0.3 is 5.97 Å². The zero-order valence-electron chi connectivity index (χ0n) is 24.6. The number of carbonyl (C=O) groups excluding carboxylic acids is 3. The Morgan fingerprint density at radius 2 is 0.975 bits per heavy atom. The maximum atomic E-state index is 12.2. The Kier molecular flexibility index (Phi) is 24.8. The van der Waals surface area contributed by atoms with Crippen LogP contribution in [-0.2, 0) is 57.0 Å². The van der Waals surface area contributed by atoms with E-state index in [-0.39, 0.29) is 19.4 Å². The number of nitrogens with one attached hydrogen (secondary N) is 1. The molecule has 0 saturated heterocycles. The molecular formula is C26H50N2O12. The molecule has 0 aromatic heterocycles. The predicted molar refractivity (Wildman–Crippen MR) is 144 cm³/mol. The molecule has 14 heteroatoms. The molecule has 0 unspecified atom stereocenters. The summed E-state index contributed by atoms with van der Waals surface area (Å²) in [6, 6.07) is -1.14. The molecule has 0 bridgehead atoms. The number of methoxy groups -OCH3 is 1.